The predicted molar refractivity (Wildman–Crippen MR) is 72.9 cm³/mol. The van der Waals surface area contributed by atoms with Crippen LogP contribution in [-0.4, -0.2) is 44.3 Å². The first-order chi connectivity index (χ1) is 9.62. The number of amides is 2. The van der Waals surface area contributed by atoms with Crippen LogP contribution in [0, 0.1) is 0 Å². The zero-order chi connectivity index (χ0) is 15.0. The van der Waals surface area contributed by atoms with Crippen LogP contribution in [0.2, 0.25) is 0 Å². The molecule has 0 atom stereocenters. The number of anilines is 1. The van der Waals surface area contributed by atoms with Gasteiger partial charge in [-0.05, 0) is 18.6 Å². The lowest BCUT2D eigenvalue weighted by atomic mass is 10.2. The lowest BCUT2D eigenvalue weighted by Crippen LogP contribution is -2.36. The number of methoxy groups -OCH3 is 2. The highest BCUT2D eigenvalue weighted by Gasteiger charge is 2.15. The molecule has 0 aromatic heterocycles. The van der Waals surface area contributed by atoms with Gasteiger partial charge in [-0.15, -0.1) is 0 Å². The molecule has 0 heterocycles. The average Bonchev–Trinajstić information content (AvgIpc) is 2.47. The summed E-state index contributed by atoms with van der Waals surface area (Å²) >= 11 is 0. The molecule has 0 aliphatic rings. The molecule has 0 saturated heterocycles. The number of rotatable bonds is 6. The van der Waals surface area contributed by atoms with E-state index >= 15 is 0 Å². The highest BCUT2D eigenvalue weighted by atomic mass is 16.5. The summed E-state index contributed by atoms with van der Waals surface area (Å²) in [5.41, 5.74) is 0.371. The van der Waals surface area contributed by atoms with Crippen LogP contribution in [0.25, 0.3) is 0 Å². The Bertz CT molecular complexity index is 476. The van der Waals surface area contributed by atoms with Gasteiger partial charge < -0.3 is 25.2 Å². The van der Waals surface area contributed by atoms with Gasteiger partial charge in [0.1, 0.15) is 11.5 Å². The summed E-state index contributed by atoms with van der Waals surface area (Å²) in [7, 11) is 2.97. The first-order valence-electron chi connectivity index (χ1n) is 6.04. The maximum Gasteiger partial charge on any atom is 0.313 e. The number of hydrogen-bond acceptors (Lipinski definition) is 5. The van der Waals surface area contributed by atoms with E-state index in [1.165, 1.54) is 14.2 Å². The van der Waals surface area contributed by atoms with Gasteiger partial charge in [-0.1, -0.05) is 0 Å². The van der Waals surface area contributed by atoms with Crippen molar-refractivity contribution in [3.63, 3.8) is 0 Å². The zero-order valence-electron chi connectivity index (χ0n) is 11.4. The van der Waals surface area contributed by atoms with Crippen LogP contribution in [0.5, 0.6) is 11.5 Å². The number of benzene rings is 1. The van der Waals surface area contributed by atoms with Gasteiger partial charge in [0.25, 0.3) is 0 Å². The normalized spacial score (nSPS) is 9.75. The van der Waals surface area contributed by atoms with Crippen LogP contribution in [0.4, 0.5) is 5.69 Å². The molecule has 7 nitrogen and oxygen atoms in total. The quantitative estimate of drug-likeness (QED) is 0.509. The summed E-state index contributed by atoms with van der Waals surface area (Å²) in [6.45, 7) is 0.191. The summed E-state index contributed by atoms with van der Waals surface area (Å²) in [5.74, 6) is -0.601. The molecule has 1 aromatic rings. The van der Waals surface area contributed by atoms with Crippen molar-refractivity contribution in [3.8, 4) is 11.5 Å². The van der Waals surface area contributed by atoms with Crippen molar-refractivity contribution < 1.29 is 24.2 Å². The van der Waals surface area contributed by atoms with Crippen LogP contribution < -0.4 is 20.1 Å². The van der Waals surface area contributed by atoms with Crippen LogP contribution in [0.15, 0.2) is 18.2 Å². The number of carbonyl (C=O) groups is 2. The minimum atomic E-state index is -0.800. The lowest BCUT2D eigenvalue weighted by Gasteiger charge is -2.11. The van der Waals surface area contributed by atoms with Crippen molar-refractivity contribution in [2.24, 2.45) is 0 Å². The third-order valence-electron chi connectivity index (χ3n) is 2.48. The Morgan fingerprint density at radius 1 is 1.20 bits per heavy atom. The Hall–Kier alpha value is -2.28. The van der Waals surface area contributed by atoms with Gasteiger partial charge in [-0.25, -0.2) is 0 Å². The van der Waals surface area contributed by atoms with Gasteiger partial charge in [0.2, 0.25) is 0 Å². The fraction of sp³-hybridized carbons (Fsp3) is 0.385. The van der Waals surface area contributed by atoms with Crippen molar-refractivity contribution >= 4 is 17.5 Å². The van der Waals surface area contributed by atoms with Crippen molar-refractivity contribution in [3.05, 3.63) is 18.2 Å². The first kappa shape index (κ1) is 15.8. The smallest absolute Gasteiger partial charge is 0.313 e. The summed E-state index contributed by atoms with van der Waals surface area (Å²) < 4.78 is 10.1. The Kier molecular flexibility index (Phi) is 6.31. The molecule has 20 heavy (non-hydrogen) atoms. The van der Waals surface area contributed by atoms with Crippen LogP contribution in [0.3, 0.4) is 0 Å². The van der Waals surface area contributed by atoms with E-state index in [4.69, 9.17) is 14.6 Å². The SMILES string of the molecule is COc1ccc(NC(=O)C(=O)NCCCO)c(OC)c1. The predicted octanol–water partition coefficient (Wildman–Crippen LogP) is 0.141. The fourth-order valence-electron chi connectivity index (χ4n) is 1.44. The fourth-order valence-corrected chi connectivity index (χ4v) is 1.44. The Morgan fingerprint density at radius 2 is 1.95 bits per heavy atom. The molecule has 0 radical (unpaired) electrons. The lowest BCUT2D eigenvalue weighted by molar-refractivity contribution is -0.136. The number of aliphatic hydroxyl groups is 1. The Balaban J connectivity index is 2.67. The van der Waals surface area contributed by atoms with E-state index < -0.39 is 11.8 Å². The molecule has 0 fully saturated rings. The molecule has 1 rings (SSSR count). The second-order valence-corrected chi connectivity index (χ2v) is 3.85. The van der Waals surface area contributed by atoms with E-state index in [-0.39, 0.29) is 13.2 Å². The van der Waals surface area contributed by atoms with Crippen LogP contribution >= 0.6 is 0 Å². The number of aliphatic hydroxyl groups excluding tert-OH is 1. The summed E-state index contributed by atoms with van der Waals surface area (Å²) in [4.78, 5) is 23.1. The van der Waals surface area contributed by atoms with Gasteiger partial charge in [0.15, 0.2) is 0 Å². The molecule has 110 valence electrons. The zero-order valence-corrected chi connectivity index (χ0v) is 11.4. The van der Waals surface area contributed by atoms with E-state index in [1.807, 2.05) is 0 Å². The molecule has 0 aliphatic heterocycles. The van der Waals surface area contributed by atoms with E-state index in [0.717, 1.165) is 0 Å². The molecule has 3 N–H and O–H groups in total. The van der Waals surface area contributed by atoms with Gasteiger partial charge in [-0.2, -0.15) is 0 Å². The number of nitrogens with one attached hydrogen (secondary N) is 2. The summed E-state index contributed by atoms with van der Waals surface area (Å²) in [6, 6.07) is 4.82. The monoisotopic (exact) mass is 282 g/mol. The molecule has 2 amide bonds. The molecule has 0 saturated carbocycles. The van der Waals surface area contributed by atoms with Gasteiger partial charge in [0, 0.05) is 19.2 Å². The van der Waals surface area contributed by atoms with Crippen LogP contribution in [0.1, 0.15) is 6.42 Å². The maximum absolute atomic E-state index is 11.7. The third kappa shape index (κ3) is 4.43. The Morgan fingerprint density at radius 3 is 2.55 bits per heavy atom. The topological polar surface area (TPSA) is 96.9 Å². The van der Waals surface area contributed by atoms with E-state index in [1.54, 1.807) is 18.2 Å². The second-order valence-electron chi connectivity index (χ2n) is 3.85. The minimum absolute atomic E-state index is 0.0474. The van der Waals surface area contributed by atoms with Gasteiger partial charge in [-0.3, -0.25) is 9.59 Å². The number of hydrogen-bond donors (Lipinski definition) is 3. The minimum Gasteiger partial charge on any atom is -0.497 e. The van der Waals surface area contributed by atoms with Crippen molar-refractivity contribution in [2.45, 2.75) is 6.42 Å². The van der Waals surface area contributed by atoms with Gasteiger partial charge in [0.05, 0.1) is 19.9 Å². The molecular weight excluding hydrogens is 264 g/mol. The molecule has 0 bridgehead atoms. The van der Waals surface area contributed by atoms with E-state index in [2.05, 4.69) is 10.6 Å². The standard InChI is InChI=1S/C13H18N2O5/c1-19-9-4-5-10(11(8-9)20-2)15-13(18)12(17)14-6-3-7-16/h4-5,8,16H,3,6-7H2,1-2H3,(H,14,17)(H,15,18). The molecule has 1 aromatic carbocycles. The van der Waals surface area contributed by atoms with Crippen molar-refractivity contribution in [1.82, 2.24) is 5.32 Å². The van der Waals surface area contributed by atoms with Crippen LogP contribution in [-0.2, 0) is 9.59 Å². The third-order valence-corrected chi connectivity index (χ3v) is 2.48. The van der Waals surface area contributed by atoms with E-state index in [9.17, 15) is 9.59 Å². The van der Waals surface area contributed by atoms with Crippen molar-refractivity contribution in [2.75, 3.05) is 32.7 Å². The number of carbonyl (C=O) groups excluding carboxylic acids is 2. The molecule has 0 spiro atoms. The summed E-state index contributed by atoms with van der Waals surface area (Å²) in [5, 5.41) is 13.4. The molecular formula is C13H18N2O5. The Labute approximate surface area is 116 Å². The van der Waals surface area contributed by atoms with Crippen molar-refractivity contribution in [1.29, 1.82) is 0 Å². The highest BCUT2D eigenvalue weighted by Crippen LogP contribution is 2.28. The van der Waals surface area contributed by atoms with Gasteiger partial charge >= 0.3 is 11.8 Å². The average molecular weight is 282 g/mol. The number of ether oxygens (including phenoxy) is 2. The molecule has 7 heteroatoms. The first-order valence-corrected chi connectivity index (χ1v) is 6.04. The van der Waals surface area contributed by atoms with E-state index in [0.29, 0.717) is 23.6 Å². The molecule has 0 unspecified atom stereocenters. The maximum atomic E-state index is 11.7. The summed E-state index contributed by atoms with van der Waals surface area (Å²) in [6.07, 6.45) is 0.394. The largest absolute Gasteiger partial charge is 0.497 e. The molecule has 0 aliphatic carbocycles. The highest BCUT2D eigenvalue weighted by molar-refractivity contribution is 6.39. The second kappa shape index (κ2) is 8.00.